The van der Waals surface area contributed by atoms with Crippen molar-refractivity contribution >= 4 is 32.9 Å². The van der Waals surface area contributed by atoms with Crippen LogP contribution in [0.2, 0.25) is 0 Å². The first-order chi connectivity index (χ1) is 16.7. The highest BCUT2D eigenvalue weighted by molar-refractivity contribution is 7.21. The summed E-state index contributed by atoms with van der Waals surface area (Å²) in [4.78, 5) is 31.5. The zero-order valence-corrected chi connectivity index (χ0v) is 19.2. The molecule has 0 aliphatic rings. The summed E-state index contributed by atoms with van der Waals surface area (Å²) in [5, 5.41) is 3.28. The van der Waals surface area contributed by atoms with Crippen molar-refractivity contribution < 1.29 is 14.3 Å². The Morgan fingerprint density at radius 1 is 0.912 bits per heavy atom. The fourth-order valence-electron chi connectivity index (χ4n) is 3.51. The third-order valence-electron chi connectivity index (χ3n) is 5.19. The van der Waals surface area contributed by atoms with Crippen LogP contribution in [0.3, 0.4) is 0 Å². The molecule has 1 amide bonds. The first kappa shape index (κ1) is 21.5. The summed E-state index contributed by atoms with van der Waals surface area (Å²) in [5.41, 5.74) is 3.99. The van der Waals surface area contributed by atoms with Crippen LogP contribution in [0.1, 0.15) is 10.4 Å². The Hall–Kier alpha value is -4.37. The second kappa shape index (κ2) is 9.24. The Morgan fingerprint density at radius 2 is 1.74 bits per heavy atom. The van der Waals surface area contributed by atoms with E-state index in [0.29, 0.717) is 38.2 Å². The molecule has 5 rings (SSSR count). The van der Waals surface area contributed by atoms with Gasteiger partial charge in [0.05, 0.1) is 31.7 Å². The second-order valence-electron chi connectivity index (χ2n) is 7.21. The predicted octanol–water partition coefficient (Wildman–Crippen LogP) is 5.08. The molecular formula is C25H19N5O3S. The van der Waals surface area contributed by atoms with Gasteiger partial charge in [-0.2, -0.15) is 4.98 Å². The molecule has 0 unspecified atom stereocenters. The lowest BCUT2D eigenvalue weighted by Crippen LogP contribution is -2.13. The molecule has 0 aliphatic carbocycles. The molecule has 5 aromatic rings. The van der Waals surface area contributed by atoms with Crippen molar-refractivity contribution in [2.75, 3.05) is 19.5 Å². The van der Waals surface area contributed by atoms with Crippen molar-refractivity contribution in [3.8, 4) is 33.9 Å². The zero-order valence-electron chi connectivity index (χ0n) is 18.4. The van der Waals surface area contributed by atoms with Crippen LogP contribution in [0.5, 0.6) is 11.5 Å². The van der Waals surface area contributed by atoms with Crippen LogP contribution in [0.25, 0.3) is 32.9 Å². The topological polar surface area (TPSA) is 99.1 Å². The van der Waals surface area contributed by atoms with Gasteiger partial charge in [-0.25, -0.2) is 9.97 Å². The largest absolute Gasteiger partial charge is 0.497 e. The molecule has 0 atom stereocenters. The van der Waals surface area contributed by atoms with Gasteiger partial charge in [-0.15, -0.1) is 0 Å². The molecule has 0 radical (unpaired) electrons. The maximum atomic E-state index is 13.2. The van der Waals surface area contributed by atoms with Gasteiger partial charge in [0, 0.05) is 29.1 Å². The van der Waals surface area contributed by atoms with Crippen molar-refractivity contribution in [1.29, 1.82) is 0 Å². The molecule has 0 bridgehead atoms. The number of pyridine rings is 1. The molecular weight excluding hydrogens is 450 g/mol. The molecule has 1 N–H and O–H groups in total. The SMILES string of the molecule is COc1ccc(-c2cnc3nc(NC(=O)c4ccncc4-c4ccccc4OC)sc3n2)cc1. The Morgan fingerprint density at radius 3 is 2.53 bits per heavy atom. The van der Waals surface area contributed by atoms with Gasteiger partial charge < -0.3 is 9.47 Å². The fraction of sp³-hybridized carbons (Fsp3) is 0.0800. The number of amides is 1. The van der Waals surface area contributed by atoms with Crippen molar-refractivity contribution in [3.63, 3.8) is 0 Å². The predicted molar refractivity (Wildman–Crippen MR) is 131 cm³/mol. The molecule has 34 heavy (non-hydrogen) atoms. The normalized spacial score (nSPS) is 10.8. The number of fused-ring (bicyclic) bond motifs is 1. The molecule has 9 heteroatoms. The Labute approximate surface area is 199 Å². The summed E-state index contributed by atoms with van der Waals surface area (Å²) in [5.74, 6) is 1.12. The van der Waals surface area contributed by atoms with Gasteiger partial charge in [0.1, 0.15) is 11.5 Å². The quantitative estimate of drug-likeness (QED) is 0.370. The van der Waals surface area contributed by atoms with E-state index in [0.717, 1.165) is 16.9 Å². The number of nitrogens with zero attached hydrogens (tertiary/aromatic N) is 4. The highest BCUT2D eigenvalue weighted by Crippen LogP contribution is 2.32. The number of ether oxygens (including phenoxy) is 2. The molecule has 2 aromatic carbocycles. The van der Waals surface area contributed by atoms with E-state index >= 15 is 0 Å². The van der Waals surface area contributed by atoms with Crippen LogP contribution in [0.15, 0.2) is 73.2 Å². The number of para-hydroxylation sites is 1. The number of thiazole rings is 1. The lowest BCUT2D eigenvalue weighted by molar-refractivity contribution is 0.102. The van der Waals surface area contributed by atoms with E-state index in [1.807, 2.05) is 48.5 Å². The molecule has 3 aromatic heterocycles. The lowest BCUT2D eigenvalue weighted by Gasteiger charge is -2.11. The summed E-state index contributed by atoms with van der Waals surface area (Å²) < 4.78 is 10.7. The highest BCUT2D eigenvalue weighted by atomic mass is 32.1. The van der Waals surface area contributed by atoms with Crippen LogP contribution in [-0.4, -0.2) is 40.1 Å². The fourth-order valence-corrected chi connectivity index (χ4v) is 4.31. The number of rotatable bonds is 6. The minimum atomic E-state index is -0.308. The van der Waals surface area contributed by atoms with Crippen LogP contribution in [-0.2, 0) is 0 Å². The zero-order chi connectivity index (χ0) is 23.5. The third kappa shape index (κ3) is 4.16. The number of hydrogen-bond acceptors (Lipinski definition) is 8. The first-order valence-corrected chi connectivity index (χ1v) is 11.1. The summed E-state index contributed by atoms with van der Waals surface area (Å²) in [6.45, 7) is 0. The Bertz CT molecular complexity index is 1480. The highest BCUT2D eigenvalue weighted by Gasteiger charge is 2.18. The standard InChI is InChI=1S/C25H19N5O3S/c1-32-16-9-7-15(8-10-16)20-14-27-22-24(28-20)34-25(29-22)30-23(31)18-11-12-26-13-19(18)17-5-3-4-6-21(17)33-2/h3-14H,1-2H3,(H,27,29,30,31). The van der Waals surface area contributed by atoms with Crippen LogP contribution >= 0.6 is 11.3 Å². The molecule has 0 saturated heterocycles. The number of aromatic nitrogens is 4. The number of methoxy groups -OCH3 is 2. The van der Waals surface area contributed by atoms with E-state index in [2.05, 4.69) is 25.3 Å². The molecule has 0 spiro atoms. The van der Waals surface area contributed by atoms with Gasteiger partial charge in [-0.3, -0.25) is 15.1 Å². The third-order valence-corrected chi connectivity index (χ3v) is 6.05. The van der Waals surface area contributed by atoms with Gasteiger partial charge in [0.2, 0.25) is 0 Å². The molecule has 0 saturated carbocycles. The van der Waals surface area contributed by atoms with Gasteiger partial charge >= 0.3 is 0 Å². The van der Waals surface area contributed by atoms with Gasteiger partial charge in [-0.1, -0.05) is 29.5 Å². The van der Waals surface area contributed by atoms with E-state index in [9.17, 15) is 4.79 Å². The number of carbonyl (C=O) groups is 1. The first-order valence-electron chi connectivity index (χ1n) is 10.3. The van der Waals surface area contributed by atoms with Crippen molar-refractivity contribution in [1.82, 2.24) is 19.9 Å². The van der Waals surface area contributed by atoms with Crippen LogP contribution in [0, 0.1) is 0 Å². The van der Waals surface area contributed by atoms with Gasteiger partial charge in [0.25, 0.3) is 5.91 Å². The monoisotopic (exact) mass is 469 g/mol. The van der Waals surface area contributed by atoms with E-state index in [4.69, 9.17) is 9.47 Å². The number of anilines is 1. The van der Waals surface area contributed by atoms with E-state index < -0.39 is 0 Å². The number of benzene rings is 2. The molecule has 0 fully saturated rings. The van der Waals surface area contributed by atoms with Crippen LogP contribution in [0.4, 0.5) is 5.13 Å². The summed E-state index contributed by atoms with van der Waals surface area (Å²) in [7, 11) is 3.22. The Kier molecular flexibility index (Phi) is 5.84. The minimum absolute atomic E-state index is 0.308. The summed E-state index contributed by atoms with van der Waals surface area (Å²) in [6.07, 6.45) is 4.89. The van der Waals surface area contributed by atoms with E-state index in [1.165, 1.54) is 11.3 Å². The van der Waals surface area contributed by atoms with Gasteiger partial charge in [-0.05, 0) is 36.4 Å². The van der Waals surface area contributed by atoms with E-state index in [1.54, 1.807) is 38.9 Å². The van der Waals surface area contributed by atoms with E-state index in [-0.39, 0.29) is 5.91 Å². The maximum Gasteiger partial charge on any atom is 0.258 e. The molecule has 3 heterocycles. The van der Waals surface area contributed by atoms with Gasteiger partial charge in [0.15, 0.2) is 15.6 Å². The number of carbonyl (C=O) groups excluding carboxylic acids is 1. The number of hydrogen-bond donors (Lipinski definition) is 1. The second-order valence-corrected chi connectivity index (χ2v) is 8.18. The van der Waals surface area contributed by atoms with Crippen molar-refractivity contribution in [2.45, 2.75) is 0 Å². The smallest absolute Gasteiger partial charge is 0.258 e. The molecule has 0 aliphatic heterocycles. The van der Waals surface area contributed by atoms with Crippen molar-refractivity contribution in [3.05, 3.63) is 78.8 Å². The number of nitrogens with one attached hydrogen (secondary N) is 1. The average Bonchev–Trinajstić information content (AvgIpc) is 3.30. The van der Waals surface area contributed by atoms with Crippen molar-refractivity contribution in [2.24, 2.45) is 0 Å². The molecule has 8 nitrogen and oxygen atoms in total. The Balaban J connectivity index is 1.43. The van der Waals surface area contributed by atoms with Crippen LogP contribution < -0.4 is 14.8 Å². The molecule has 168 valence electrons. The summed E-state index contributed by atoms with van der Waals surface area (Å²) >= 11 is 1.26. The average molecular weight is 470 g/mol. The maximum absolute atomic E-state index is 13.2. The minimum Gasteiger partial charge on any atom is -0.497 e. The summed E-state index contributed by atoms with van der Waals surface area (Å²) in [6, 6.07) is 16.7. The lowest BCUT2D eigenvalue weighted by atomic mass is 10.0.